The van der Waals surface area contributed by atoms with E-state index in [-0.39, 0.29) is 0 Å². The van der Waals surface area contributed by atoms with Crippen molar-refractivity contribution < 1.29 is 14.0 Å². The van der Waals surface area contributed by atoms with E-state index < -0.39 is 0 Å². The van der Waals surface area contributed by atoms with Gasteiger partial charge in [0.1, 0.15) is 5.75 Å². The minimum atomic E-state index is 0.319. The molecular formula is C23H33N3O3. The van der Waals surface area contributed by atoms with Crippen molar-refractivity contribution in [1.82, 2.24) is 15.0 Å². The van der Waals surface area contributed by atoms with Crippen LogP contribution in [0.25, 0.3) is 0 Å². The molecule has 1 aromatic heterocycles. The summed E-state index contributed by atoms with van der Waals surface area (Å²) < 4.78 is 16.8. The molecule has 2 aliphatic heterocycles. The van der Waals surface area contributed by atoms with E-state index in [0.29, 0.717) is 12.0 Å². The zero-order valence-electron chi connectivity index (χ0n) is 17.9. The highest BCUT2D eigenvalue weighted by Crippen LogP contribution is 2.35. The van der Waals surface area contributed by atoms with E-state index in [1.165, 1.54) is 17.5 Å². The summed E-state index contributed by atoms with van der Waals surface area (Å²) in [5, 5.41) is 4.27. The lowest BCUT2D eigenvalue weighted by molar-refractivity contribution is 0.0338. The minimum Gasteiger partial charge on any atom is -0.496 e. The Hall–Kier alpha value is -1.89. The molecule has 29 heavy (non-hydrogen) atoms. The van der Waals surface area contributed by atoms with E-state index in [9.17, 15) is 0 Å². The Bertz CT molecular complexity index is 798. The van der Waals surface area contributed by atoms with Crippen LogP contribution in [0.1, 0.15) is 61.2 Å². The van der Waals surface area contributed by atoms with Crippen LogP contribution in [0, 0.1) is 0 Å². The normalized spacial score (nSPS) is 21.2. The fraction of sp³-hybridized carbons (Fsp3) is 0.609. The second-order valence-corrected chi connectivity index (χ2v) is 8.47. The molecule has 0 bridgehead atoms. The third kappa shape index (κ3) is 4.82. The summed E-state index contributed by atoms with van der Waals surface area (Å²) in [6.45, 7) is 10.8. The number of methoxy groups -OCH3 is 1. The lowest BCUT2D eigenvalue weighted by Gasteiger charge is -2.28. The number of hydrogen-bond donors (Lipinski definition) is 0. The van der Waals surface area contributed by atoms with Gasteiger partial charge in [0.15, 0.2) is 5.76 Å². The molecule has 0 radical (unpaired) electrons. The summed E-state index contributed by atoms with van der Waals surface area (Å²) in [5.74, 6) is 2.37. The summed E-state index contributed by atoms with van der Waals surface area (Å²) in [6.07, 6.45) is 2.32. The average Bonchev–Trinajstić information content (AvgIpc) is 3.38. The fourth-order valence-corrected chi connectivity index (χ4v) is 4.36. The van der Waals surface area contributed by atoms with Gasteiger partial charge in [0.25, 0.3) is 0 Å². The van der Waals surface area contributed by atoms with Crippen molar-refractivity contribution in [3.05, 3.63) is 46.8 Å². The van der Waals surface area contributed by atoms with E-state index in [4.69, 9.17) is 14.0 Å². The Morgan fingerprint density at radius 1 is 1.14 bits per heavy atom. The molecule has 4 rings (SSSR count). The Morgan fingerprint density at radius 3 is 2.69 bits per heavy atom. The lowest BCUT2D eigenvalue weighted by Crippen LogP contribution is -2.35. The molecule has 2 fully saturated rings. The maximum atomic E-state index is 5.71. The third-order valence-electron chi connectivity index (χ3n) is 6.06. The van der Waals surface area contributed by atoms with Gasteiger partial charge in [-0.1, -0.05) is 25.1 Å². The first-order valence-corrected chi connectivity index (χ1v) is 10.8. The van der Waals surface area contributed by atoms with Crippen LogP contribution in [0.5, 0.6) is 5.75 Å². The molecule has 0 aliphatic carbocycles. The molecule has 3 heterocycles. The number of morpholine rings is 1. The molecular weight excluding hydrogens is 366 g/mol. The summed E-state index contributed by atoms with van der Waals surface area (Å²) in [7, 11) is 1.75. The van der Waals surface area contributed by atoms with Gasteiger partial charge in [-0.05, 0) is 43.0 Å². The van der Waals surface area contributed by atoms with Crippen LogP contribution >= 0.6 is 0 Å². The van der Waals surface area contributed by atoms with Gasteiger partial charge in [-0.2, -0.15) is 0 Å². The van der Waals surface area contributed by atoms with Crippen LogP contribution in [-0.2, 0) is 17.8 Å². The smallest absolute Gasteiger partial charge is 0.154 e. The molecule has 0 amide bonds. The predicted octanol–water partition coefficient (Wildman–Crippen LogP) is 3.98. The number of aromatic nitrogens is 1. The number of likely N-dealkylation sites (tertiary alicyclic amines) is 1. The van der Waals surface area contributed by atoms with E-state index in [0.717, 1.165) is 69.6 Å². The van der Waals surface area contributed by atoms with Crippen LogP contribution < -0.4 is 4.74 Å². The van der Waals surface area contributed by atoms with Gasteiger partial charge in [0.05, 0.1) is 32.1 Å². The van der Waals surface area contributed by atoms with Crippen LogP contribution in [-0.4, -0.2) is 54.9 Å². The molecule has 2 aliphatic rings. The number of benzene rings is 1. The van der Waals surface area contributed by atoms with Crippen molar-refractivity contribution in [2.75, 3.05) is 40.0 Å². The minimum absolute atomic E-state index is 0.319. The molecule has 2 aromatic rings. The van der Waals surface area contributed by atoms with Crippen molar-refractivity contribution in [3.63, 3.8) is 0 Å². The summed E-state index contributed by atoms with van der Waals surface area (Å²) >= 11 is 0. The van der Waals surface area contributed by atoms with Gasteiger partial charge in [-0.3, -0.25) is 9.80 Å². The maximum absolute atomic E-state index is 5.71. The highest BCUT2D eigenvalue weighted by molar-refractivity contribution is 5.37. The molecule has 158 valence electrons. The Morgan fingerprint density at radius 2 is 1.97 bits per heavy atom. The van der Waals surface area contributed by atoms with Crippen LogP contribution in [0.3, 0.4) is 0 Å². The van der Waals surface area contributed by atoms with E-state index >= 15 is 0 Å². The predicted molar refractivity (Wildman–Crippen MR) is 112 cm³/mol. The summed E-state index contributed by atoms with van der Waals surface area (Å²) in [6, 6.07) is 9.08. The van der Waals surface area contributed by atoms with Gasteiger partial charge in [0, 0.05) is 37.8 Å². The van der Waals surface area contributed by atoms with Gasteiger partial charge in [0.2, 0.25) is 0 Å². The summed E-state index contributed by atoms with van der Waals surface area (Å²) in [5.41, 5.74) is 3.62. The first-order chi connectivity index (χ1) is 14.1. The van der Waals surface area contributed by atoms with Crippen molar-refractivity contribution in [2.24, 2.45) is 0 Å². The molecule has 0 spiro atoms. The second kappa shape index (κ2) is 9.28. The van der Waals surface area contributed by atoms with E-state index in [2.05, 4.69) is 53.1 Å². The van der Waals surface area contributed by atoms with Crippen molar-refractivity contribution in [3.8, 4) is 5.75 Å². The Labute approximate surface area is 173 Å². The SMILES string of the molecule is COc1ccc(CN2CCC[C@@H]2c2cc(C(C)C)no2)cc1CN1CCOCC1. The van der Waals surface area contributed by atoms with Crippen molar-refractivity contribution >= 4 is 0 Å². The zero-order chi connectivity index (χ0) is 20.2. The van der Waals surface area contributed by atoms with Gasteiger partial charge in [-0.25, -0.2) is 0 Å². The Kier molecular flexibility index (Phi) is 6.53. The maximum Gasteiger partial charge on any atom is 0.154 e. The van der Waals surface area contributed by atoms with Crippen LogP contribution in [0.4, 0.5) is 0 Å². The number of nitrogens with zero attached hydrogens (tertiary/aromatic N) is 3. The zero-order valence-corrected chi connectivity index (χ0v) is 17.9. The number of ether oxygens (including phenoxy) is 2. The molecule has 1 aromatic carbocycles. The van der Waals surface area contributed by atoms with Crippen molar-refractivity contribution in [2.45, 2.75) is 51.7 Å². The summed E-state index contributed by atoms with van der Waals surface area (Å²) in [4.78, 5) is 4.96. The topological polar surface area (TPSA) is 51.0 Å². The van der Waals surface area contributed by atoms with Crippen molar-refractivity contribution in [1.29, 1.82) is 0 Å². The monoisotopic (exact) mass is 399 g/mol. The highest BCUT2D eigenvalue weighted by Gasteiger charge is 2.29. The molecule has 0 N–H and O–H groups in total. The van der Waals surface area contributed by atoms with Gasteiger partial charge in [-0.15, -0.1) is 0 Å². The number of rotatable bonds is 7. The van der Waals surface area contributed by atoms with Gasteiger partial charge >= 0.3 is 0 Å². The van der Waals surface area contributed by atoms with Gasteiger partial charge < -0.3 is 14.0 Å². The van der Waals surface area contributed by atoms with E-state index in [1.54, 1.807) is 7.11 Å². The molecule has 1 atom stereocenters. The molecule has 0 saturated carbocycles. The first kappa shape index (κ1) is 20.4. The Balaban J connectivity index is 1.48. The average molecular weight is 400 g/mol. The lowest BCUT2D eigenvalue weighted by atomic mass is 10.1. The highest BCUT2D eigenvalue weighted by atomic mass is 16.5. The fourth-order valence-electron chi connectivity index (χ4n) is 4.36. The molecule has 0 unspecified atom stereocenters. The molecule has 6 nitrogen and oxygen atoms in total. The second-order valence-electron chi connectivity index (χ2n) is 8.47. The number of hydrogen-bond acceptors (Lipinski definition) is 6. The van der Waals surface area contributed by atoms with Crippen LogP contribution in [0.15, 0.2) is 28.8 Å². The molecule has 6 heteroatoms. The van der Waals surface area contributed by atoms with Crippen LogP contribution in [0.2, 0.25) is 0 Å². The van der Waals surface area contributed by atoms with E-state index in [1.807, 2.05) is 0 Å². The quantitative estimate of drug-likeness (QED) is 0.702. The standard InChI is InChI=1S/C23H33N3O3/c1-17(2)20-14-23(29-24-20)21-5-4-8-26(21)15-18-6-7-22(27-3)19(13-18)16-25-9-11-28-12-10-25/h6-7,13-14,17,21H,4-5,8-12,15-16H2,1-3H3/t21-/m1/s1. The first-order valence-electron chi connectivity index (χ1n) is 10.8. The third-order valence-corrected chi connectivity index (χ3v) is 6.06. The molecule has 2 saturated heterocycles. The largest absolute Gasteiger partial charge is 0.496 e.